The van der Waals surface area contributed by atoms with E-state index in [0.29, 0.717) is 0 Å². The van der Waals surface area contributed by atoms with E-state index in [9.17, 15) is 0 Å². The third kappa shape index (κ3) is 2.04. The summed E-state index contributed by atoms with van der Waals surface area (Å²) in [6.07, 6.45) is 0. The molecule has 0 aliphatic heterocycles. The summed E-state index contributed by atoms with van der Waals surface area (Å²) >= 11 is 8.06. The molecule has 1 aromatic rings. The van der Waals surface area contributed by atoms with Crippen molar-refractivity contribution in [2.24, 2.45) is 0 Å². The predicted molar refractivity (Wildman–Crippen MR) is 59.6 cm³/mol. The standard InChI is InChI=1S/C6H3BrI2/c7-4-2-1-3-5(8)6(4)9/h1-3H. The molecular weight excluding hydrogens is 406 g/mol. The molecule has 0 spiro atoms. The summed E-state index contributed by atoms with van der Waals surface area (Å²) in [6.45, 7) is 0. The van der Waals surface area contributed by atoms with Gasteiger partial charge in [0.2, 0.25) is 0 Å². The second-order valence-electron chi connectivity index (χ2n) is 1.54. The first kappa shape index (κ1) is 8.26. The van der Waals surface area contributed by atoms with Gasteiger partial charge in [0.05, 0.1) is 0 Å². The van der Waals surface area contributed by atoms with Gasteiger partial charge in [-0.05, 0) is 73.2 Å². The van der Waals surface area contributed by atoms with Crippen molar-refractivity contribution in [2.75, 3.05) is 0 Å². The van der Waals surface area contributed by atoms with E-state index in [1.165, 1.54) is 11.6 Å². The Balaban J connectivity index is 3.25. The molecule has 0 aromatic heterocycles. The van der Waals surface area contributed by atoms with Gasteiger partial charge in [0.15, 0.2) is 0 Å². The fraction of sp³-hybridized carbons (Fsp3) is 0. The largest absolute Gasteiger partial charge is 0.0600 e. The van der Waals surface area contributed by atoms with E-state index in [0.717, 1.165) is 0 Å². The fourth-order valence-corrected chi connectivity index (χ4v) is 2.07. The maximum absolute atomic E-state index is 3.43. The molecule has 0 amide bonds. The highest BCUT2D eigenvalue weighted by Gasteiger charge is 1.97. The molecule has 0 saturated carbocycles. The molecule has 3 heteroatoms. The maximum atomic E-state index is 3.43. The SMILES string of the molecule is Brc1cccc(I)c1I. The number of halogens is 3. The van der Waals surface area contributed by atoms with E-state index in [1.807, 2.05) is 12.1 Å². The van der Waals surface area contributed by atoms with Crippen molar-refractivity contribution in [1.82, 2.24) is 0 Å². The van der Waals surface area contributed by atoms with E-state index in [2.05, 4.69) is 67.2 Å². The van der Waals surface area contributed by atoms with E-state index >= 15 is 0 Å². The molecule has 0 saturated heterocycles. The van der Waals surface area contributed by atoms with Crippen LogP contribution in [0, 0.1) is 7.14 Å². The van der Waals surface area contributed by atoms with Crippen molar-refractivity contribution in [2.45, 2.75) is 0 Å². The molecule has 0 bridgehead atoms. The first-order valence-corrected chi connectivity index (χ1v) is 5.26. The molecule has 0 atom stereocenters. The average molecular weight is 409 g/mol. The van der Waals surface area contributed by atoms with Crippen molar-refractivity contribution in [3.63, 3.8) is 0 Å². The molecular formula is C6H3BrI2. The molecule has 0 radical (unpaired) electrons. The number of rotatable bonds is 0. The number of hydrogen-bond acceptors (Lipinski definition) is 0. The Bertz CT molecular complexity index is 202. The van der Waals surface area contributed by atoms with Gasteiger partial charge in [-0.2, -0.15) is 0 Å². The summed E-state index contributed by atoms with van der Waals surface area (Å²) in [5, 5.41) is 0. The minimum absolute atomic E-state index is 1.18. The van der Waals surface area contributed by atoms with Crippen LogP contribution in [0.5, 0.6) is 0 Å². The summed E-state index contributed by atoms with van der Waals surface area (Å²) in [5.41, 5.74) is 0. The van der Waals surface area contributed by atoms with Crippen LogP contribution in [0.25, 0.3) is 0 Å². The third-order valence-corrected chi connectivity index (χ3v) is 5.40. The van der Waals surface area contributed by atoms with E-state index in [4.69, 9.17) is 0 Å². The van der Waals surface area contributed by atoms with Gasteiger partial charge in [-0.25, -0.2) is 0 Å². The lowest BCUT2D eigenvalue weighted by Gasteiger charge is -1.95. The molecule has 1 aromatic carbocycles. The van der Waals surface area contributed by atoms with Crippen LogP contribution in [0.2, 0.25) is 0 Å². The predicted octanol–water partition coefficient (Wildman–Crippen LogP) is 3.66. The second-order valence-corrected chi connectivity index (χ2v) is 4.63. The fourth-order valence-electron chi connectivity index (χ4n) is 0.477. The Hall–Kier alpha value is 1.16. The Labute approximate surface area is 89.8 Å². The van der Waals surface area contributed by atoms with E-state index in [1.54, 1.807) is 0 Å². The zero-order valence-electron chi connectivity index (χ0n) is 4.37. The van der Waals surface area contributed by atoms with Crippen LogP contribution in [-0.2, 0) is 0 Å². The molecule has 0 aliphatic rings. The molecule has 9 heavy (non-hydrogen) atoms. The minimum atomic E-state index is 1.18. The first-order valence-electron chi connectivity index (χ1n) is 2.31. The summed E-state index contributed by atoms with van der Waals surface area (Å²) < 4.78 is 3.76. The van der Waals surface area contributed by atoms with Crippen LogP contribution < -0.4 is 0 Å². The van der Waals surface area contributed by atoms with Crippen molar-refractivity contribution in [1.29, 1.82) is 0 Å². The second kappa shape index (κ2) is 3.52. The smallest absolute Gasteiger partial charge is 0.0406 e. The number of benzene rings is 1. The van der Waals surface area contributed by atoms with Gasteiger partial charge < -0.3 is 0 Å². The molecule has 0 aliphatic carbocycles. The van der Waals surface area contributed by atoms with Gasteiger partial charge >= 0.3 is 0 Å². The monoisotopic (exact) mass is 408 g/mol. The van der Waals surface area contributed by atoms with Gasteiger partial charge in [0, 0.05) is 11.6 Å². The Morgan fingerprint density at radius 2 is 1.89 bits per heavy atom. The zero-order chi connectivity index (χ0) is 6.85. The Morgan fingerprint density at radius 1 is 1.22 bits per heavy atom. The van der Waals surface area contributed by atoms with Crippen LogP contribution in [0.3, 0.4) is 0 Å². The normalized spacial score (nSPS) is 9.67. The van der Waals surface area contributed by atoms with Crippen molar-refractivity contribution < 1.29 is 0 Å². The third-order valence-electron chi connectivity index (χ3n) is 0.904. The van der Waals surface area contributed by atoms with Gasteiger partial charge in [0.1, 0.15) is 0 Å². The van der Waals surface area contributed by atoms with E-state index < -0.39 is 0 Å². The van der Waals surface area contributed by atoms with E-state index in [-0.39, 0.29) is 0 Å². The highest BCUT2D eigenvalue weighted by atomic mass is 127. The Kier molecular flexibility index (Phi) is 3.23. The molecule has 0 unspecified atom stereocenters. The van der Waals surface area contributed by atoms with Crippen LogP contribution in [-0.4, -0.2) is 0 Å². The molecule has 0 N–H and O–H groups in total. The van der Waals surface area contributed by atoms with Gasteiger partial charge in [-0.15, -0.1) is 0 Å². The first-order chi connectivity index (χ1) is 4.22. The quantitative estimate of drug-likeness (QED) is 0.454. The lowest BCUT2D eigenvalue weighted by atomic mass is 10.4. The summed E-state index contributed by atoms with van der Waals surface area (Å²) in [4.78, 5) is 0. The average Bonchev–Trinajstić information content (AvgIpc) is 1.83. The molecule has 48 valence electrons. The Morgan fingerprint density at radius 3 is 2.33 bits per heavy atom. The van der Waals surface area contributed by atoms with Crippen LogP contribution >= 0.6 is 61.1 Å². The molecule has 1 rings (SSSR count). The molecule has 0 nitrogen and oxygen atoms in total. The number of hydrogen-bond donors (Lipinski definition) is 0. The van der Waals surface area contributed by atoms with Crippen molar-refractivity contribution >= 4 is 61.1 Å². The topological polar surface area (TPSA) is 0 Å². The lowest BCUT2D eigenvalue weighted by molar-refractivity contribution is 1.53. The van der Waals surface area contributed by atoms with Crippen molar-refractivity contribution in [3.8, 4) is 0 Å². The minimum Gasteiger partial charge on any atom is -0.0600 e. The highest BCUT2D eigenvalue weighted by Crippen LogP contribution is 2.23. The van der Waals surface area contributed by atoms with Gasteiger partial charge in [0.25, 0.3) is 0 Å². The molecule has 0 fully saturated rings. The summed E-state index contributed by atoms with van der Waals surface area (Å²) in [7, 11) is 0. The van der Waals surface area contributed by atoms with Crippen LogP contribution in [0.15, 0.2) is 22.7 Å². The summed E-state index contributed by atoms with van der Waals surface area (Å²) in [5.74, 6) is 0. The molecule has 0 heterocycles. The van der Waals surface area contributed by atoms with Gasteiger partial charge in [-0.1, -0.05) is 6.07 Å². The van der Waals surface area contributed by atoms with Gasteiger partial charge in [-0.3, -0.25) is 0 Å². The van der Waals surface area contributed by atoms with Crippen LogP contribution in [0.4, 0.5) is 0 Å². The zero-order valence-corrected chi connectivity index (χ0v) is 10.3. The van der Waals surface area contributed by atoms with Crippen LogP contribution in [0.1, 0.15) is 0 Å². The lowest BCUT2D eigenvalue weighted by Crippen LogP contribution is -1.77. The van der Waals surface area contributed by atoms with Crippen molar-refractivity contribution in [3.05, 3.63) is 29.8 Å². The summed E-state index contributed by atoms with van der Waals surface area (Å²) in [6, 6.07) is 6.17. The maximum Gasteiger partial charge on any atom is 0.0406 e. The highest BCUT2D eigenvalue weighted by molar-refractivity contribution is 14.1.